The normalized spacial score (nSPS) is 12.2. The average Bonchev–Trinajstić information content (AvgIpc) is 3.02. The molecule has 0 aliphatic carbocycles. The summed E-state index contributed by atoms with van der Waals surface area (Å²) in [4.78, 5) is 29.9. The molecule has 0 unspecified atom stereocenters. The molecule has 0 bridgehead atoms. The number of ether oxygens (including phenoxy) is 1. The maximum Gasteiger partial charge on any atom is 0.264 e. The molecule has 9 heteroatoms. The molecule has 0 heterocycles. The van der Waals surface area contributed by atoms with E-state index in [1.165, 1.54) is 17.0 Å². The second-order valence-electron chi connectivity index (χ2n) is 11.5. The molecule has 0 saturated carbocycles. The zero-order chi connectivity index (χ0) is 31.7. The molecular formula is C35H39N3O5S. The molecule has 0 fully saturated rings. The van der Waals surface area contributed by atoms with Gasteiger partial charge in [0.15, 0.2) is 0 Å². The third kappa shape index (κ3) is 8.48. The van der Waals surface area contributed by atoms with Crippen LogP contribution in [-0.4, -0.2) is 50.4 Å². The fourth-order valence-corrected chi connectivity index (χ4v) is 6.25. The lowest BCUT2D eigenvalue weighted by molar-refractivity contribution is -0.140. The minimum absolute atomic E-state index is 0.0547. The Morgan fingerprint density at radius 1 is 0.795 bits per heavy atom. The Hall–Kier alpha value is -4.63. The Kier molecular flexibility index (Phi) is 10.4. The van der Waals surface area contributed by atoms with Crippen molar-refractivity contribution in [1.29, 1.82) is 0 Å². The quantitative estimate of drug-likeness (QED) is 0.230. The predicted octanol–water partition coefficient (Wildman–Crippen LogP) is 5.45. The molecule has 4 rings (SSSR count). The Morgan fingerprint density at radius 3 is 1.95 bits per heavy atom. The van der Waals surface area contributed by atoms with Crippen LogP contribution in [0.1, 0.15) is 31.9 Å². The van der Waals surface area contributed by atoms with Crippen molar-refractivity contribution in [1.82, 2.24) is 10.2 Å². The average molecular weight is 614 g/mol. The summed E-state index contributed by atoms with van der Waals surface area (Å²) < 4.78 is 34.5. The number of amides is 2. The molecule has 0 saturated heterocycles. The summed E-state index contributed by atoms with van der Waals surface area (Å²) in [6.45, 7) is 5.17. The number of anilines is 1. The van der Waals surface area contributed by atoms with Crippen LogP contribution in [0.4, 0.5) is 5.69 Å². The van der Waals surface area contributed by atoms with E-state index in [4.69, 9.17) is 4.74 Å². The number of hydrogen-bond acceptors (Lipinski definition) is 5. The van der Waals surface area contributed by atoms with Gasteiger partial charge in [-0.3, -0.25) is 13.9 Å². The van der Waals surface area contributed by atoms with Gasteiger partial charge in [0.1, 0.15) is 18.3 Å². The lowest BCUT2D eigenvalue weighted by Gasteiger charge is -2.35. The van der Waals surface area contributed by atoms with Crippen molar-refractivity contribution in [2.75, 3.05) is 18.0 Å². The first-order valence-corrected chi connectivity index (χ1v) is 15.8. The number of nitrogens with zero attached hydrogens (tertiary/aromatic N) is 2. The minimum Gasteiger partial charge on any atom is -0.497 e. The zero-order valence-electron chi connectivity index (χ0n) is 25.5. The molecule has 2 amide bonds. The number of carbonyl (C=O) groups is 2. The maximum atomic E-state index is 14.5. The van der Waals surface area contributed by atoms with E-state index in [1.807, 2.05) is 63.2 Å². The summed E-state index contributed by atoms with van der Waals surface area (Å²) in [7, 11) is -2.58. The van der Waals surface area contributed by atoms with Gasteiger partial charge in [-0.2, -0.15) is 0 Å². The first kappa shape index (κ1) is 32.3. The molecule has 4 aromatic carbocycles. The van der Waals surface area contributed by atoms with E-state index < -0.39 is 34.1 Å². The lowest BCUT2D eigenvalue weighted by atomic mass is 10.0. The standard InChI is InChI=1S/C35H39N3O5S/c1-35(2,3)36-34(40)32(24-27-15-8-5-9-16-27)37(25-28-17-14-20-30(23-28)43-4)33(39)26-38(29-18-10-6-11-19-29)44(41,42)31-21-12-7-13-22-31/h5-23,32H,24-26H2,1-4H3,(H,36,40)/t32-/m1/s1. The van der Waals surface area contributed by atoms with Crippen LogP contribution in [0.25, 0.3) is 0 Å². The monoisotopic (exact) mass is 613 g/mol. The summed E-state index contributed by atoms with van der Waals surface area (Å²) >= 11 is 0. The van der Waals surface area contributed by atoms with Gasteiger partial charge >= 0.3 is 0 Å². The van der Waals surface area contributed by atoms with Crippen LogP contribution < -0.4 is 14.4 Å². The second-order valence-corrected chi connectivity index (χ2v) is 13.3. The highest BCUT2D eigenvalue weighted by molar-refractivity contribution is 7.92. The van der Waals surface area contributed by atoms with Crippen LogP contribution in [0.15, 0.2) is 120 Å². The third-order valence-electron chi connectivity index (χ3n) is 6.91. The van der Waals surface area contributed by atoms with Crippen molar-refractivity contribution in [2.45, 2.75) is 50.2 Å². The molecule has 1 atom stereocenters. The maximum absolute atomic E-state index is 14.5. The third-order valence-corrected chi connectivity index (χ3v) is 8.70. The Morgan fingerprint density at radius 2 is 1.36 bits per heavy atom. The second kappa shape index (κ2) is 14.2. The minimum atomic E-state index is -4.13. The molecule has 0 aliphatic rings. The smallest absolute Gasteiger partial charge is 0.264 e. The van der Waals surface area contributed by atoms with E-state index in [0.29, 0.717) is 11.4 Å². The number of carbonyl (C=O) groups excluding carboxylic acids is 2. The molecule has 1 N–H and O–H groups in total. The van der Waals surface area contributed by atoms with Crippen LogP contribution in [0, 0.1) is 0 Å². The van der Waals surface area contributed by atoms with Gasteiger partial charge in [0.25, 0.3) is 10.0 Å². The van der Waals surface area contributed by atoms with Gasteiger partial charge in [-0.15, -0.1) is 0 Å². The number of hydrogen-bond donors (Lipinski definition) is 1. The van der Waals surface area contributed by atoms with Crippen molar-refractivity contribution >= 4 is 27.5 Å². The first-order chi connectivity index (χ1) is 21.0. The fourth-order valence-electron chi connectivity index (χ4n) is 4.82. The highest BCUT2D eigenvalue weighted by Crippen LogP contribution is 2.25. The molecule has 8 nitrogen and oxygen atoms in total. The number of methoxy groups -OCH3 is 1. The Labute approximate surface area is 260 Å². The van der Waals surface area contributed by atoms with Gasteiger partial charge in [-0.25, -0.2) is 8.42 Å². The molecule has 0 radical (unpaired) electrons. The SMILES string of the molecule is COc1cccc(CN(C(=O)CN(c2ccccc2)S(=O)(=O)c2ccccc2)[C@H](Cc2ccccc2)C(=O)NC(C)(C)C)c1. The highest BCUT2D eigenvalue weighted by atomic mass is 32.2. The summed E-state index contributed by atoms with van der Waals surface area (Å²) in [6.07, 6.45) is 0.231. The molecule has 44 heavy (non-hydrogen) atoms. The number of nitrogens with one attached hydrogen (secondary N) is 1. The van der Waals surface area contributed by atoms with Gasteiger partial charge in [0.2, 0.25) is 11.8 Å². The zero-order valence-corrected chi connectivity index (χ0v) is 26.3. The van der Waals surface area contributed by atoms with Crippen LogP contribution in [0.2, 0.25) is 0 Å². The summed E-state index contributed by atoms with van der Waals surface area (Å²) in [5.74, 6) is -0.262. The van der Waals surface area contributed by atoms with Crippen LogP contribution in [-0.2, 0) is 32.6 Å². The molecule has 0 aromatic heterocycles. The number of rotatable bonds is 12. The van der Waals surface area contributed by atoms with E-state index in [9.17, 15) is 18.0 Å². The molecule has 0 aliphatic heterocycles. The fraction of sp³-hybridized carbons (Fsp3) is 0.257. The highest BCUT2D eigenvalue weighted by Gasteiger charge is 2.35. The van der Waals surface area contributed by atoms with E-state index >= 15 is 0 Å². The summed E-state index contributed by atoms with van der Waals surface area (Å²) in [6, 6.07) is 32.3. The van der Waals surface area contributed by atoms with Crippen molar-refractivity contribution in [3.63, 3.8) is 0 Å². The van der Waals surface area contributed by atoms with Crippen molar-refractivity contribution in [2.24, 2.45) is 0 Å². The van der Waals surface area contributed by atoms with E-state index in [2.05, 4.69) is 5.32 Å². The lowest BCUT2D eigenvalue weighted by Crippen LogP contribution is -2.56. The Bertz CT molecular complexity index is 1640. The summed E-state index contributed by atoms with van der Waals surface area (Å²) in [5.41, 5.74) is 1.37. The number of sulfonamides is 1. The number of benzene rings is 4. The van der Waals surface area contributed by atoms with Crippen molar-refractivity contribution in [3.05, 3.63) is 126 Å². The van der Waals surface area contributed by atoms with Crippen LogP contribution >= 0.6 is 0 Å². The van der Waals surface area contributed by atoms with Crippen LogP contribution in [0.3, 0.4) is 0 Å². The van der Waals surface area contributed by atoms with Gasteiger partial charge in [-0.05, 0) is 68.3 Å². The largest absolute Gasteiger partial charge is 0.497 e. The predicted molar refractivity (Wildman–Crippen MR) is 173 cm³/mol. The molecule has 230 valence electrons. The van der Waals surface area contributed by atoms with E-state index in [0.717, 1.165) is 15.4 Å². The molecule has 4 aromatic rings. The van der Waals surface area contributed by atoms with Gasteiger partial charge in [-0.1, -0.05) is 78.9 Å². The van der Waals surface area contributed by atoms with Gasteiger partial charge in [0, 0.05) is 18.5 Å². The number of para-hydroxylation sites is 1. The van der Waals surface area contributed by atoms with Gasteiger partial charge in [0.05, 0.1) is 17.7 Å². The molecule has 0 spiro atoms. The van der Waals surface area contributed by atoms with E-state index in [1.54, 1.807) is 67.8 Å². The van der Waals surface area contributed by atoms with Crippen LogP contribution in [0.5, 0.6) is 5.75 Å². The van der Waals surface area contributed by atoms with Crippen molar-refractivity contribution in [3.8, 4) is 5.75 Å². The Balaban J connectivity index is 1.80. The van der Waals surface area contributed by atoms with E-state index in [-0.39, 0.29) is 23.8 Å². The van der Waals surface area contributed by atoms with Crippen molar-refractivity contribution < 1.29 is 22.7 Å². The van der Waals surface area contributed by atoms with Gasteiger partial charge < -0.3 is 15.0 Å². The molecular weight excluding hydrogens is 574 g/mol. The first-order valence-electron chi connectivity index (χ1n) is 14.4. The topological polar surface area (TPSA) is 96.0 Å². The summed E-state index contributed by atoms with van der Waals surface area (Å²) in [5, 5.41) is 3.03.